The molecule has 0 saturated carbocycles. The fourth-order valence-electron chi connectivity index (χ4n) is 2.79. The summed E-state index contributed by atoms with van der Waals surface area (Å²) in [5.41, 5.74) is 0.677. The van der Waals surface area contributed by atoms with Gasteiger partial charge in [0.05, 0.1) is 18.7 Å². The molecular formula is C21H19FN2O4S. The Kier molecular flexibility index (Phi) is 5.90. The number of aromatic nitrogens is 1. The van der Waals surface area contributed by atoms with Gasteiger partial charge in [0.25, 0.3) is 0 Å². The van der Waals surface area contributed by atoms with Gasteiger partial charge in [0.2, 0.25) is 5.91 Å². The second kappa shape index (κ2) is 8.91. The van der Waals surface area contributed by atoms with Crippen molar-refractivity contribution in [3.63, 3.8) is 0 Å². The number of rotatable bonds is 7. The summed E-state index contributed by atoms with van der Waals surface area (Å²) in [6.07, 6.45) is -0.0547. The third kappa shape index (κ3) is 5.23. The van der Waals surface area contributed by atoms with Crippen LogP contribution in [0.3, 0.4) is 0 Å². The van der Waals surface area contributed by atoms with Crippen LogP contribution < -0.4 is 19.5 Å². The van der Waals surface area contributed by atoms with Crippen LogP contribution in [0.1, 0.15) is 10.7 Å². The van der Waals surface area contributed by atoms with Gasteiger partial charge in [-0.05, 0) is 36.4 Å². The summed E-state index contributed by atoms with van der Waals surface area (Å²) in [5.74, 6) is 1.52. The Morgan fingerprint density at radius 3 is 2.83 bits per heavy atom. The topological polar surface area (TPSA) is 69.7 Å². The van der Waals surface area contributed by atoms with Gasteiger partial charge in [-0.2, -0.15) is 0 Å². The number of thiazole rings is 1. The Morgan fingerprint density at radius 2 is 2.00 bits per heavy atom. The van der Waals surface area contributed by atoms with Gasteiger partial charge in [0.15, 0.2) is 11.5 Å². The van der Waals surface area contributed by atoms with Crippen LogP contribution in [-0.2, 0) is 17.8 Å². The highest BCUT2D eigenvalue weighted by Gasteiger charge is 2.21. The molecular weight excluding hydrogens is 395 g/mol. The molecule has 4 rings (SSSR count). The van der Waals surface area contributed by atoms with Crippen molar-refractivity contribution in [3.05, 3.63) is 70.4 Å². The number of hydrogen-bond donors (Lipinski definition) is 1. The minimum atomic E-state index is -0.311. The van der Waals surface area contributed by atoms with Crippen LogP contribution in [-0.4, -0.2) is 30.1 Å². The van der Waals surface area contributed by atoms with Gasteiger partial charge in [-0.3, -0.25) is 4.79 Å². The van der Waals surface area contributed by atoms with E-state index in [0.717, 1.165) is 5.01 Å². The number of nitrogens with zero attached hydrogens (tertiary/aromatic N) is 1. The number of ether oxygens (including phenoxy) is 3. The number of nitrogens with one attached hydrogen (secondary N) is 1. The van der Waals surface area contributed by atoms with Gasteiger partial charge < -0.3 is 19.5 Å². The normalized spacial score (nSPS) is 15.0. The lowest BCUT2D eigenvalue weighted by atomic mass is 10.2. The number of benzene rings is 2. The van der Waals surface area contributed by atoms with E-state index in [1.165, 1.54) is 23.5 Å². The molecule has 2 aromatic carbocycles. The number of para-hydroxylation sites is 2. The first kappa shape index (κ1) is 19.2. The first-order chi connectivity index (χ1) is 14.2. The first-order valence-electron chi connectivity index (χ1n) is 9.12. The standard InChI is InChI=1S/C21H19FN2O4S/c22-14-5-7-16(8-6-14)26-12-21-24-15(13-29-21)9-20(25)23-10-17-11-27-18-3-1-2-4-19(18)28-17/h1-8,13,17H,9-12H2,(H,23,25). The van der Waals surface area contributed by atoms with Gasteiger partial charge in [-0.15, -0.1) is 11.3 Å². The molecule has 0 fully saturated rings. The van der Waals surface area contributed by atoms with Gasteiger partial charge in [-0.1, -0.05) is 12.1 Å². The monoisotopic (exact) mass is 414 g/mol. The lowest BCUT2D eigenvalue weighted by molar-refractivity contribution is -0.121. The van der Waals surface area contributed by atoms with Crippen molar-refractivity contribution < 1.29 is 23.4 Å². The van der Waals surface area contributed by atoms with Crippen molar-refractivity contribution in [2.24, 2.45) is 0 Å². The summed E-state index contributed by atoms with van der Waals surface area (Å²) in [6.45, 7) is 1.02. The van der Waals surface area contributed by atoms with Crippen molar-refractivity contribution in [1.29, 1.82) is 0 Å². The fourth-order valence-corrected chi connectivity index (χ4v) is 3.50. The molecule has 29 heavy (non-hydrogen) atoms. The molecule has 150 valence electrons. The molecule has 1 N–H and O–H groups in total. The van der Waals surface area contributed by atoms with E-state index in [0.29, 0.717) is 36.1 Å². The van der Waals surface area contributed by atoms with Crippen LogP contribution in [0.4, 0.5) is 4.39 Å². The molecule has 0 saturated heterocycles. The second-order valence-corrected chi connectivity index (χ2v) is 7.40. The van der Waals surface area contributed by atoms with Crippen molar-refractivity contribution in [2.75, 3.05) is 13.2 Å². The van der Waals surface area contributed by atoms with Crippen LogP contribution in [0.2, 0.25) is 0 Å². The van der Waals surface area contributed by atoms with Gasteiger partial charge in [0.1, 0.15) is 35.9 Å². The van der Waals surface area contributed by atoms with Crippen LogP contribution in [0.15, 0.2) is 53.9 Å². The Balaban J connectivity index is 1.22. The highest BCUT2D eigenvalue weighted by molar-refractivity contribution is 7.09. The maximum absolute atomic E-state index is 12.9. The first-order valence-corrected chi connectivity index (χ1v) is 10.0. The highest BCUT2D eigenvalue weighted by Crippen LogP contribution is 2.30. The van der Waals surface area contributed by atoms with Crippen molar-refractivity contribution >= 4 is 17.2 Å². The van der Waals surface area contributed by atoms with Crippen LogP contribution >= 0.6 is 11.3 Å². The molecule has 0 bridgehead atoms. The fraction of sp³-hybridized carbons (Fsp3) is 0.238. The summed E-state index contributed by atoms with van der Waals surface area (Å²) in [4.78, 5) is 16.6. The average Bonchev–Trinajstić information content (AvgIpc) is 3.19. The number of amides is 1. The SMILES string of the molecule is O=C(Cc1csc(COc2ccc(F)cc2)n1)NCC1COc2ccccc2O1. The smallest absolute Gasteiger partial charge is 0.226 e. The molecule has 8 heteroatoms. The zero-order valence-corrected chi connectivity index (χ0v) is 16.3. The molecule has 0 radical (unpaired) electrons. The summed E-state index contributed by atoms with van der Waals surface area (Å²) in [6, 6.07) is 13.3. The maximum atomic E-state index is 12.9. The molecule has 1 aliphatic heterocycles. The highest BCUT2D eigenvalue weighted by atomic mass is 32.1. The number of carbonyl (C=O) groups excluding carboxylic acids is 1. The van der Waals surface area contributed by atoms with Crippen LogP contribution in [0, 0.1) is 5.82 Å². The van der Waals surface area contributed by atoms with Gasteiger partial charge in [0, 0.05) is 5.38 Å². The molecule has 2 heterocycles. The molecule has 1 aromatic heterocycles. The Morgan fingerprint density at radius 1 is 1.21 bits per heavy atom. The zero-order valence-electron chi connectivity index (χ0n) is 15.5. The number of fused-ring (bicyclic) bond motifs is 1. The van der Waals surface area contributed by atoms with E-state index in [2.05, 4.69) is 10.3 Å². The summed E-state index contributed by atoms with van der Waals surface area (Å²) < 4.78 is 29.9. The minimum Gasteiger partial charge on any atom is -0.486 e. The molecule has 3 aromatic rings. The predicted molar refractivity (Wildman–Crippen MR) is 106 cm³/mol. The van der Waals surface area contributed by atoms with Crippen molar-refractivity contribution in [1.82, 2.24) is 10.3 Å². The zero-order chi connectivity index (χ0) is 20.1. The van der Waals surface area contributed by atoms with Crippen molar-refractivity contribution in [3.8, 4) is 17.2 Å². The Labute approximate surface area is 171 Å². The van der Waals surface area contributed by atoms with E-state index in [-0.39, 0.29) is 30.9 Å². The molecule has 1 atom stereocenters. The van der Waals surface area contributed by atoms with E-state index in [1.54, 1.807) is 12.1 Å². The van der Waals surface area contributed by atoms with Crippen LogP contribution in [0.5, 0.6) is 17.2 Å². The minimum absolute atomic E-state index is 0.135. The third-order valence-electron chi connectivity index (χ3n) is 4.21. The average molecular weight is 414 g/mol. The molecule has 1 unspecified atom stereocenters. The molecule has 6 nitrogen and oxygen atoms in total. The second-order valence-electron chi connectivity index (χ2n) is 6.45. The van der Waals surface area contributed by atoms with E-state index < -0.39 is 0 Å². The maximum Gasteiger partial charge on any atom is 0.226 e. The summed E-state index contributed by atoms with van der Waals surface area (Å²) >= 11 is 1.42. The Hall–Kier alpha value is -3.13. The number of hydrogen-bond acceptors (Lipinski definition) is 6. The van der Waals surface area contributed by atoms with Gasteiger partial charge >= 0.3 is 0 Å². The van der Waals surface area contributed by atoms with Crippen molar-refractivity contribution in [2.45, 2.75) is 19.1 Å². The lowest BCUT2D eigenvalue weighted by Gasteiger charge is -2.26. The van der Waals surface area contributed by atoms with E-state index in [9.17, 15) is 9.18 Å². The predicted octanol–water partition coefficient (Wildman–Crippen LogP) is 3.36. The van der Waals surface area contributed by atoms with E-state index >= 15 is 0 Å². The number of halogens is 1. The third-order valence-corrected chi connectivity index (χ3v) is 5.08. The largest absolute Gasteiger partial charge is 0.486 e. The summed E-state index contributed by atoms with van der Waals surface area (Å²) in [7, 11) is 0. The van der Waals surface area contributed by atoms with Crippen LogP contribution in [0.25, 0.3) is 0 Å². The molecule has 0 aliphatic carbocycles. The molecule has 1 amide bonds. The summed E-state index contributed by atoms with van der Waals surface area (Å²) in [5, 5.41) is 5.44. The molecule has 0 spiro atoms. The lowest BCUT2D eigenvalue weighted by Crippen LogP contribution is -2.41. The van der Waals surface area contributed by atoms with E-state index in [1.807, 2.05) is 29.6 Å². The Bertz CT molecular complexity index is 977. The van der Waals surface area contributed by atoms with E-state index in [4.69, 9.17) is 14.2 Å². The number of carbonyl (C=O) groups is 1. The van der Waals surface area contributed by atoms with Gasteiger partial charge in [-0.25, -0.2) is 9.37 Å². The molecule has 1 aliphatic rings. The quantitative estimate of drug-likeness (QED) is 0.642.